The first kappa shape index (κ1) is 26.3. The molecule has 0 aromatic carbocycles. The number of alkyl halides is 1. The predicted molar refractivity (Wildman–Crippen MR) is 149 cm³/mol. The molecule has 0 radical (unpaired) electrons. The van der Waals surface area contributed by atoms with E-state index in [-0.39, 0.29) is 0 Å². The van der Waals surface area contributed by atoms with Crippen molar-refractivity contribution in [3.8, 4) is 0 Å². The third kappa shape index (κ3) is 5.79. The number of hydrogen-bond donors (Lipinski definition) is 1. The maximum atomic E-state index is 14.5. The summed E-state index contributed by atoms with van der Waals surface area (Å²) in [4.78, 5) is 16.4. The lowest BCUT2D eigenvalue weighted by atomic mass is 10.0. The Morgan fingerprint density at radius 1 is 1.16 bits per heavy atom. The van der Waals surface area contributed by atoms with E-state index in [1.54, 1.807) is 30.6 Å². The molecule has 3 aromatic heterocycles. The van der Waals surface area contributed by atoms with E-state index in [9.17, 15) is 4.39 Å². The quantitative estimate of drug-likeness (QED) is 0.377. The van der Waals surface area contributed by atoms with Crippen LogP contribution in [0.25, 0.3) is 22.3 Å². The minimum Gasteiger partial charge on any atom is -0.356 e. The van der Waals surface area contributed by atoms with E-state index >= 15 is 0 Å². The second-order valence-corrected chi connectivity index (χ2v) is 10.1. The second kappa shape index (κ2) is 10.7. The van der Waals surface area contributed by atoms with Crippen LogP contribution in [0.4, 0.5) is 10.2 Å². The number of allylic oxidation sites excluding steroid dienone is 4. The molecule has 0 spiro atoms. The lowest BCUT2D eigenvalue weighted by Crippen LogP contribution is -2.31. The molecule has 1 N–H and O–H groups in total. The number of nitrogens with zero attached hydrogens (tertiary/aromatic N) is 6. The van der Waals surface area contributed by atoms with E-state index in [4.69, 9.17) is 9.97 Å². The smallest absolute Gasteiger partial charge is 0.162 e. The summed E-state index contributed by atoms with van der Waals surface area (Å²) in [6.45, 7) is 17.1. The zero-order valence-electron chi connectivity index (χ0n) is 22.5. The van der Waals surface area contributed by atoms with E-state index in [2.05, 4.69) is 33.5 Å². The summed E-state index contributed by atoms with van der Waals surface area (Å²) in [6, 6.07) is 3.51. The van der Waals surface area contributed by atoms with Gasteiger partial charge in [0, 0.05) is 48.9 Å². The van der Waals surface area contributed by atoms with Crippen LogP contribution in [0.1, 0.15) is 64.0 Å². The summed E-state index contributed by atoms with van der Waals surface area (Å²) in [5, 5.41) is 7.77. The molecule has 1 saturated heterocycles. The molecule has 4 rings (SSSR count). The molecule has 0 bridgehead atoms. The van der Waals surface area contributed by atoms with E-state index in [0.717, 1.165) is 65.2 Å². The molecule has 0 aliphatic carbocycles. The molecule has 4 heterocycles. The predicted octanol–water partition coefficient (Wildman–Crippen LogP) is 6.08. The van der Waals surface area contributed by atoms with E-state index in [0.29, 0.717) is 17.2 Å². The number of aromatic nitrogens is 5. The first-order valence-electron chi connectivity index (χ1n) is 12.7. The monoisotopic (exact) mass is 501 g/mol. The summed E-state index contributed by atoms with van der Waals surface area (Å²) >= 11 is 0. The number of halogens is 1. The third-order valence-electron chi connectivity index (χ3n) is 6.54. The Labute approximate surface area is 218 Å². The molecule has 0 amide bonds. The van der Waals surface area contributed by atoms with Crippen molar-refractivity contribution in [2.75, 3.05) is 18.0 Å². The number of pyridine rings is 1. The van der Waals surface area contributed by atoms with Crippen molar-refractivity contribution in [2.45, 2.75) is 52.6 Å². The van der Waals surface area contributed by atoms with E-state index < -0.39 is 5.67 Å². The van der Waals surface area contributed by atoms with Crippen molar-refractivity contribution < 1.29 is 4.39 Å². The average Bonchev–Trinajstić information content (AvgIpc) is 3.26. The van der Waals surface area contributed by atoms with Gasteiger partial charge in [-0.2, -0.15) is 5.10 Å². The highest BCUT2D eigenvalue weighted by atomic mass is 19.1. The van der Waals surface area contributed by atoms with Gasteiger partial charge in [0.2, 0.25) is 0 Å². The van der Waals surface area contributed by atoms with Crippen molar-refractivity contribution in [2.24, 2.45) is 7.05 Å². The third-order valence-corrected chi connectivity index (χ3v) is 6.54. The normalized spacial score (nSPS) is 14.5. The Kier molecular flexibility index (Phi) is 7.57. The molecule has 1 fully saturated rings. The van der Waals surface area contributed by atoms with Crippen LogP contribution in [0.3, 0.4) is 0 Å². The van der Waals surface area contributed by atoms with Crippen molar-refractivity contribution in [1.29, 1.82) is 0 Å². The number of piperidine rings is 1. The Hall–Kier alpha value is -3.81. The summed E-state index contributed by atoms with van der Waals surface area (Å²) in [5.41, 5.74) is 4.62. The molecule has 0 saturated carbocycles. The maximum Gasteiger partial charge on any atom is 0.162 e. The van der Waals surface area contributed by atoms with Gasteiger partial charge >= 0.3 is 0 Å². The Balaban J connectivity index is 1.71. The van der Waals surface area contributed by atoms with Gasteiger partial charge in [-0.1, -0.05) is 18.7 Å². The zero-order chi connectivity index (χ0) is 26.7. The highest BCUT2D eigenvalue weighted by molar-refractivity contribution is 5.88. The lowest BCUT2D eigenvalue weighted by molar-refractivity contribution is 0.214. The van der Waals surface area contributed by atoms with Gasteiger partial charge in [0.15, 0.2) is 11.6 Å². The molecule has 37 heavy (non-hydrogen) atoms. The minimum atomic E-state index is -1.54. The molecule has 1 aliphatic heterocycles. The van der Waals surface area contributed by atoms with Crippen LogP contribution in [0.15, 0.2) is 61.1 Å². The maximum absolute atomic E-state index is 14.5. The van der Waals surface area contributed by atoms with Crippen LogP contribution in [-0.4, -0.2) is 37.8 Å². The highest BCUT2D eigenvalue weighted by Gasteiger charge is 2.22. The van der Waals surface area contributed by atoms with Crippen LogP contribution in [-0.2, 0) is 12.7 Å². The fraction of sp³-hybridized carbons (Fsp3) is 0.379. The van der Waals surface area contributed by atoms with E-state index in [1.807, 2.05) is 31.7 Å². The van der Waals surface area contributed by atoms with Gasteiger partial charge in [-0.15, -0.1) is 0 Å². The molecule has 1 aliphatic rings. The molecule has 7 nitrogen and oxygen atoms in total. The standard InChI is InChI=1S/C29H36FN7/c1-8-22(33-20(4)21-12-13-31-25(16-21)29(5,6)30)17-23(19(2)3)27-34-24-18-32-36(7)26(24)28(35-27)37-14-10-9-11-15-37/h8,12-13,16-18,33H,1,4,9-11,14-15H2,2-3,5-7H3/b22-17+. The number of nitrogens with one attached hydrogen (secondary N) is 1. The van der Waals surface area contributed by atoms with E-state index in [1.165, 1.54) is 20.3 Å². The first-order chi connectivity index (χ1) is 17.6. The van der Waals surface area contributed by atoms with Crippen LogP contribution < -0.4 is 10.2 Å². The van der Waals surface area contributed by atoms with Gasteiger partial charge in [-0.05, 0) is 71.2 Å². The molecule has 8 heteroatoms. The van der Waals surface area contributed by atoms with Gasteiger partial charge in [0.25, 0.3) is 0 Å². The van der Waals surface area contributed by atoms with Gasteiger partial charge in [-0.3, -0.25) is 9.67 Å². The number of fused-ring (bicyclic) bond motifs is 1. The van der Waals surface area contributed by atoms with Crippen molar-refractivity contribution in [3.63, 3.8) is 0 Å². The summed E-state index contributed by atoms with van der Waals surface area (Å²) in [5.74, 6) is 1.56. The van der Waals surface area contributed by atoms with Crippen molar-refractivity contribution in [3.05, 3.63) is 78.2 Å². The molecular weight excluding hydrogens is 465 g/mol. The Bertz CT molecular complexity index is 1380. The number of aryl methyl sites for hydroxylation is 1. The second-order valence-electron chi connectivity index (χ2n) is 10.1. The average molecular weight is 502 g/mol. The molecule has 0 unspecified atom stereocenters. The number of hydrogen-bond acceptors (Lipinski definition) is 6. The summed E-state index contributed by atoms with van der Waals surface area (Å²) in [7, 11) is 1.93. The number of rotatable bonds is 8. The Morgan fingerprint density at radius 2 is 1.89 bits per heavy atom. The van der Waals surface area contributed by atoms with Crippen LogP contribution in [0.5, 0.6) is 0 Å². The molecule has 3 aromatic rings. The zero-order valence-corrected chi connectivity index (χ0v) is 22.5. The molecular formula is C29H36FN7. The largest absolute Gasteiger partial charge is 0.356 e. The minimum absolute atomic E-state index is 0.352. The number of anilines is 1. The topological polar surface area (TPSA) is 71.8 Å². The highest BCUT2D eigenvalue weighted by Crippen LogP contribution is 2.30. The fourth-order valence-electron chi connectivity index (χ4n) is 4.43. The summed E-state index contributed by atoms with van der Waals surface area (Å²) in [6.07, 6.45) is 10.6. The Morgan fingerprint density at radius 3 is 2.54 bits per heavy atom. The van der Waals surface area contributed by atoms with Gasteiger partial charge in [0.05, 0.1) is 11.9 Å². The first-order valence-corrected chi connectivity index (χ1v) is 12.7. The van der Waals surface area contributed by atoms with Gasteiger partial charge in [-0.25, -0.2) is 14.4 Å². The SMILES string of the molecule is C=C/C(=C\C(=C(C)C)c1nc(N2CCCCC2)c2c(cnn2C)n1)NC(=C)c1ccnc(C(C)(C)F)c1. The van der Waals surface area contributed by atoms with Crippen LogP contribution >= 0.6 is 0 Å². The fourth-order valence-corrected chi connectivity index (χ4v) is 4.43. The van der Waals surface area contributed by atoms with Crippen LogP contribution in [0, 0.1) is 0 Å². The van der Waals surface area contributed by atoms with Crippen molar-refractivity contribution in [1.82, 2.24) is 30.0 Å². The van der Waals surface area contributed by atoms with Crippen molar-refractivity contribution >= 4 is 28.1 Å². The molecule has 194 valence electrons. The lowest BCUT2D eigenvalue weighted by Gasteiger charge is -2.28. The summed E-state index contributed by atoms with van der Waals surface area (Å²) < 4.78 is 16.3. The molecule has 0 atom stereocenters. The van der Waals surface area contributed by atoms with Gasteiger partial charge < -0.3 is 10.2 Å². The van der Waals surface area contributed by atoms with Crippen LogP contribution in [0.2, 0.25) is 0 Å². The van der Waals surface area contributed by atoms with Gasteiger partial charge in [0.1, 0.15) is 16.7 Å².